The summed E-state index contributed by atoms with van der Waals surface area (Å²) in [7, 11) is 0. The van der Waals surface area contributed by atoms with E-state index in [-0.39, 0.29) is 18.3 Å². The van der Waals surface area contributed by atoms with Crippen LogP contribution < -0.4 is 0 Å². The fraction of sp³-hybridized carbons (Fsp3) is 0.355. The minimum atomic E-state index is -0.284. The molecule has 1 saturated heterocycles. The van der Waals surface area contributed by atoms with E-state index in [0.717, 1.165) is 72.3 Å². The van der Waals surface area contributed by atoms with Gasteiger partial charge in [-0.3, -0.25) is 4.39 Å². The normalized spacial score (nSPS) is 16.7. The second-order valence-corrected chi connectivity index (χ2v) is 9.96. The first-order valence-electron chi connectivity index (χ1n) is 12.7. The number of nitrogens with zero attached hydrogens (tertiary/aromatic N) is 1. The van der Waals surface area contributed by atoms with Gasteiger partial charge in [0, 0.05) is 19.6 Å². The maximum absolute atomic E-state index is 15.4. The van der Waals surface area contributed by atoms with Crippen molar-refractivity contribution in [2.24, 2.45) is 5.92 Å². The zero-order valence-electron chi connectivity index (χ0n) is 20.3. The van der Waals surface area contributed by atoms with Crippen LogP contribution in [0.5, 0.6) is 0 Å². The quantitative estimate of drug-likeness (QED) is 0.344. The molecular weight excluding hydrogens is 443 g/mol. The first kappa shape index (κ1) is 23.9. The van der Waals surface area contributed by atoms with E-state index in [2.05, 4.69) is 17.0 Å². The number of hydrogen-bond donors (Lipinski definition) is 0. The summed E-state index contributed by atoms with van der Waals surface area (Å²) in [6.07, 6.45) is 3.99. The molecule has 0 bridgehead atoms. The molecule has 0 amide bonds. The second-order valence-electron chi connectivity index (χ2n) is 9.96. The molecule has 1 aliphatic carbocycles. The molecule has 0 aromatic heterocycles. The minimum absolute atomic E-state index is 0.186. The number of benzene rings is 3. The van der Waals surface area contributed by atoms with E-state index in [9.17, 15) is 8.78 Å². The van der Waals surface area contributed by atoms with E-state index < -0.39 is 0 Å². The minimum Gasteiger partial charge on any atom is -0.303 e. The predicted octanol–water partition coefficient (Wildman–Crippen LogP) is 7.40. The summed E-state index contributed by atoms with van der Waals surface area (Å²) in [6.45, 7) is 4.13. The van der Waals surface area contributed by atoms with Crippen molar-refractivity contribution in [1.82, 2.24) is 4.90 Å². The fourth-order valence-electron chi connectivity index (χ4n) is 5.71. The van der Waals surface area contributed by atoms with E-state index >= 15 is 4.39 Å². The standard InChI is InChI=1S/C31H32F3N/c1-21-26(10-5-12-29(21)33)28-11-4-8-23-7-2-3-9-27(23)31(28)25-14-13-24(30(34)18-25)17-22-19-35(20-22)16-6-15-32/h2-3,5,7,9-10,12-14,18,22H,4,6,8,11,15-17,19-20H2,1H3. The van der Waals surface area contributed by atoms with Crippen LogP contribution in [0.4, 0.5) is 13.2 Å². The van der Waals surface area contributed by atoms with Gasteiger partial charge < -0.3 is 4.90 Å². The van der Waals surface area contributed by atoms with Crippen molar-refractivity contribution in [2.75, 3.05) is 26.3 Å². The van der Waals surface area contributed by atoms with Gasteiger partial charge >= 0.3 is 0 Å². The van der Waals surface area contributed by atoms with Gasteiger partial charge in [-0.1, -0.05) is 48.5 Å². The van der Waals surface area contributed by atoms with Gasteiger partial charge in [0.2, 0.25) is 0 Å². The highest BCUT2D eigenvalue weighted by Crippen LogP contribution is 2.41. The van der Waals surface area contributed by atoms with E-state index in [1.807, 2.05) is 37.3 Å². The number of allylic oxidation sites excluding steroid dienone is 1. The van der Waals surface area contributed by atoms with Crippen LogP contribution in [0.3, 0.4) is 0 Å². The number of alkyl halides is 1. The van der Waals surface area contributed by atoms with Gasteiger partial charge in [-0.2, -0.15) is 0 Å². The van der Waals surface area contributed by atoms with Crippen LogP contribution in [-0.4, -0.2) is 31.2 Å². The SMILES string of the molecule is Cc1c(F)cccc1C1=C(c2ccc(CC3CN(CCCF)C3)c(F)c2)c2ccccc2CCC1. The van der Waals surface area contributed by atoms with Crippen LogP contribution >= 0.6 is 0 Å². The Morgan fingerprint density at radius 3 is 2.49 bits per heavy atom. The maximum atomic E-state index is 15.4. The van der Waals surface area contributed by atoms with Crippen LogP contribution in [0.15, 0.2) is 60.7 Å². The number of aryl methyl sites for hydroxylation is 1. The van der Waals surface area contributed by atoms with Crippen molar-refractivity contribution in [2.45, 2.75) is 39.0 Å². The average Bonchev–Trinajstić information content (AvgIpc) is 3.02. The predicted molar refractivity (Wildman–Crippen MR) is 137 cm³/mol. The number of likely N-dealkylation sites (tertiary alicyclic amines) is 1. The lowest BCUT2D eigenvalue weighted by Crippen LogP contribution is -2.48. The Bertz CT molecular complexity index is 1240. The van der Waals surface area contributed by atoms with E-state index in [1.165, 1.54) is 11.6 Å². The molecule has 3 aromatic rings. The van der Waals surface area contributed by atoms with Crippen LogP contribution in [0.25, 0.3) is 11.1 Å². The van der Waals surface area contributed by atoms with E-state index in [1.54, 1.807) is 12.1 Å². The Morgan fingerprint density at radius 1 is 0.886 bits per heavy atom. The number of fused-ring (bicyclic) bond motifs is 1. The Labute approximate surface area is 206 Å². The molecule has 182 valence electrons. The van der Waals surface area contributed by atoms with Gasteiger partial charge in [0.15, 0.2) is 0 Å². The van der Waals surface area contributed by atoms with Crippen molar-refractivity contribution in [1.29, 1.82) is 0 Å². The van der Waals surface area contributed by atoms with Gasteiger partial charge in [0.1, 0.15) is 11.6 Å². The Kier molecular flexibility index (Phi) is 7.10. The van der Waals surface area contributed by atoms with Crippen LogP contribution in [0, 0.1) is 24.5 Å². The maximum Gasteiger partial charge on any atom is 0.127 e. The lowest BCUT2D eigenvalue weighted by molar-refractivity contribution is 0.0962. The Balaban J connectivity index is 1.52. The average molecular weight is 476 g/mol. The molecule has 1 aliphatic heterocycles. The van der Waals surface area contributed by atoms with Gasteiger partial charge in [-0.25, -0.2) is 8.78 Å². The molecule has 0 radical (unpaired) electrons. The molecule has 0 N–H and O–H groups in total. The van der Waals surface area contributed by atoms with Crippen molar-refractivity contribution in [3.63, 3.8) is 0 Å². The highest BCUT2D eigenvalue weighted by molar-refractivity contribution is 6.00. The molecular formula is C31H32F3N. The van der Waals surface area contributed by atoms with Gasteiger partial charge in [0.05, 0.1) is 6.67 Å². The third-order valence-electron chi connectivity index (χ3n) is 7.55. The van der Waals surface area contributed by atoms with E-state index in [0.29, 0.717) is 24.3 Å². The molecule has 0 atom stereocenters. The molecule has 2 aliphatic rings. The van der Waals surface area contributed by atoms with Crippen molar-refractivity contribution < 1.29 is 13.2 Å². The number of halogens is 3. The monoisotopic (exact) mass is 475 g/mol. The molecule has 4 heteroatoms. The Morgan fingerprint density at radius 2 is 1.69 bits per heavy atom. The van der Waals surface area contributed by atoms with Crippen LogP contribution in [-0.2, 0) is 12.8 Å². The zero-order valence-corrected chi connectivity index (χ0v) is 20.3. The summed E-state index contributed by atoms with van der Waals surface area (Å²) >= 11 is 0. The van der Waals surface area contributed by atoms with Crippen molar-refractivity contribution in [3.05, 3.63) is 106 Å². The fourth-order valence-corrected chi connectivity index (χ4v) is 5.71. The summed E-state index contributed by atoms with van der Waals surface area (Å²) in [4.78, 5) is 2.23. The Hall–Kier alpha value is -2.85. The molecule has 1 nitrogen and oxygen atoms in total. The lowest BCUT2D eigenvalue weighted by atomic mass is 9.85. The molecule has 0 spiro atoms. The number of rotatable bonds is 7. The first-order valence-corrected chi connectivity index (χ1v) is 12.7. The molecule has 35 heavy (non-hydrogen) atoms. The molecule has 1 fully saturated rings. The third kappa shape index (κ3) is 4.95. The number of hydrogen-bond acceptors (Lipinski definition) is 1. The van der Waals surface area contributed by atoms with E-state index in [4.69, 9.17) is 0 Å². The molecule has 0 unspecified atom stereocenters. The molecule has 5 rings (SSSR count). The zero-order chi connectivity index (χ0) is 24.4. The molecule has 0 saturated carbocycles. The van der Waals surface area contributed by atoms with Gasteiger partial charge in [0.25, 0.3) is 0 Å². The summed E-state index contributed by atoms with van der Waals surface area (Å²) in [5.74, 6) is 0.0157. The van der Waals surface area contributed by atoms with Crippen LogP contribution in [0.2, 0.25) is 0 Å². The third-order valence-corrected chi connectivity index (χ3v) is 7.55. The highest BCUT2D eigenvalue weighted by Gasteiger charge is 2.27. The summed E-state index contributed by atoms with van der Waals surface area (Å²) in [5, 5.41) is 0. The highest BCUT2D eigenvalue weighted by atomic mass is 19.1. The summed E-state index contributed by atoms with van der Waals surface area (Å²) < 4.78 is 42.4. The van der Waals surface area contributed by atoms with Crippen molar-refractivity contribution >= 4 is 11.1 Å². The summed E-state index contributed by atoms with van der Waals surface area (Å²) in [5.41, 5.74) is 7.58. The topological polar surface area (TPSA) is 3.24 Å². The smallest absolute Gasteiger partial charge is 0.127 e. The van der Waals surface area contributed by atoms with Crippen molar-refractivity contribution in [3.8, 4) is 0 Å². The molecule has 3 aromatic carbocycles. The summed E-state index contributed by atoms with van der Waals surface area (Å²) in [6, 6.07) is 19.2. The largest absolute Gasteiger partial charge is 0.303 e. The van der Waals surface area contributed by atoms with Gasteiger partial charge in [-0.05, 0) is 102 Å². The molecule has 1 heterocycles. The lowest BCUT2D eigenvalue weighted by Gasteiger charge is -2.39. The first-order chi connectivity index (χ1) is 17.0. The van der Waals surface area contributed by atoms with Crippen LogP contribution in [0.1, 0.15) is 52.6 Å². The van der Waals surface area contributed by atoms with Gasteiger partial charge in [-0.15, -0.1) is 0 Å². The second kappa shape index (κ2) is 10.4.